The van der Waals surface area contributed by atoms with E-state index >= 15 is 0 Å². The van der Waals surface area contributed by atoms with Gasteiger partial charge < -0.3 is 14.8 Å². The molecule has 2 aliphatic rings. The van der Waals surface area contributed by atoms with E-state index in [0.29, 0.717) is 6.61 Å². The molecule has 3 rings (SSSR count). The smallest absolute Gasteiger partial charge is 0.161 e. The van der Waals surface area contributed by atoms with Crippen molar-refractivity contribution in [2.75, 3.05) is 39.4 Å². The lowest BCUT2D eigenvalue weighted by atomic mass is 9.93. The van der Waals surface area contributed by atoms with Gasteiger partial charge in [0, 0.05) is 19.1 Å². The Kier molecular flexibility index (Phi) is 4.99. The third-order valence-electron chi connectivity index (χ3n) is 4.55. The van der Waals surface area contributed by atoms with Crippen molar-refractivity contribution in [1.82, 2.24) is 10.2 Å². The molecule has 4 nitrogen and oxygen atoms in total. The minimum absolute atomic E-state index is 0.669. The summed E-state index contributed by atoms with van der Waals surface area (Å²) >= 11 is 0. The SMILES string of the molecule is CCOc1ccccc1OCCN1CCC2NCCC2C1. The van der Waals surface area contributed by atoms with E-state index in [1.54, 1.807) is 0 Å². The second-order valence-electron chi connectivity index (χ2n) is 5.93. The van der Waals surface area contributed by atoms with Crippen molar-refractivity contribution in [3.05, 3.63) is 24.3 Å². The summed E-state index contributed by atoms with van der Waals surface area (Å²) in [7, 11) is 0. The fourth-order valence-corrected chi connectivity index (χ4v) is 3.45. The maximum Gasteiger partial charge on any atom is 0.161 e. The first kappa shape index (κ1) is 14.7. The number of fused-ring (bicyclic) bond motifs is 1. The van der Waals surface area contributed by atoms with Gasteiger partial charge in [0.05, 0.1) is 6.61 Å². The molecule has 0 aromatic heterocycles. The molecule has 4 heteroatoms. The van der Waals surface area contributed by atoms with Crippen molar-refractivity contribution < 1.29 is 9.47 Å². The highest BCUT2D eigenvalue weighted by Crippen LogP contribution is 2.27. The van der Waals surface area contributed by atoms with E-state index in [1.807, 2.05) is 31.2 Å². The topological polar surface area (TPSA) is 33.7 Å². The number of ether oxygens (including phenoxy) is 2. The second-order valence-corrected chi connectivity index (χ2v) is 5.93. The maximum absolute atomic E-state index is 5.92. The summed E-state index contributed by atoms with van der Waals surface area (Å²) in [5.74, 6) is 2.55. The van der Waals surface area contributed by atoms with Crippen molar-refractivity contribution in [3.63, 3.8) is 0 Å². The third kappa shape index (κ3) is 3.69. The van der Waals surface area contributed by atoms with Gasteiger partial charge in [0.2, 0.25) is 0 Å². The summed E-state index contributed by atoms with van der Waals surface area (Å²) in [4.78, 5) is 2.54. The van der Waals surface area contributed by atoms with E-state index in [0.717, 1.165) is 36.6 Å². The van der Waals surface area contributed by atoms with Crippen LogP contribution in [0.25, 0.3) is 0 Å². The third-order valence-corrected chi connectivity index (χ3v) is 4.55. The number of hydrogen-bond acceptors (Lipinski definition) is 4. The number of benzene rings is 1. The molecule has 2 unspecified atom stereocenters. The van der Waals surface area contributed by atoms with Crippen LogP contribution in [0.5, 0.6) is 11.5 Å². The van der Waals surface area contributed by atoms with Crippen LogP contribution >= 0.6 is 0 Å². The molecular formula is C17H26N2O2. The molecule has 0 spiro atoms. The molecule has 1 N–H and O–H groups in total. The predicted molar refractivity (Wildman–Crippen MR) is 84.1 cm³/mol. The zero-order valence-corrected chi connectivity index (χ0v) is 12.9. The van der Waals surface area contributed by atoms with Gasteiger partial charge in [0.25, 0.3) is 0 Å². The van der Waals surface area contributed by atoms with Crippen LogP contribution in [0.4, 0.5) is 0 Å². The van der Waals surface area contributed by atoms with Gasteiger partial charge in [-0.3, -0.25) is 4.90 Å². The van der Waals surface area contributed by atoms with Crippen LogP contribution < -0.4 is 14.8 Å². The lowest BCUT2D eigenvalue weighted by Crippen LogP contribution is -2.45. The number of rotatable bonds is 6. The van der Waals surface area contributed by atoms with Crippen molar-refractivity contribution >= 4 is 0 Å². The molecule has 0 aliphatic carbocycles. The van der Waals surface area contributed by atoms with Gasteiger partial charge in [-0.25, -0.2) is 0 Å². The number of para-hydroxylation sites is 2. The highest BCUT2D eigenvalue weighted by Gasteiger charge is 2.32. The molecule has 116 valence electrons. The molecule has 2 heterocycles. The Morgan fingerprint density at radius 3 is 2.81 bits per heavy atom. The largest absolute Gasteiger partial charge is 0.490 e. The van der Waals surface area contributed by atoms with Crippen molar-refractivity contribution in [2.45, 2.75) is 25.8 Å². The van der Waals surface area contributed by atoms with E-state index < -0.39 is 0 Å². The summed E-state index contributed by atoms with van der Waals surface area (Å²) in [6.45, 7) is 8.00. The van der Waals surface area contributed by atoms with Crippen molar-refractivity contribution in [1.29, 1.82) is 0 Å². The highest BCUT2D eigenvalue weighted by molar-refractivity contribution is 5.39. The quantitative estimate of drug-likeness (QED) is 0.870. The Balaban J connectivity index is 1.46. The standard InChI is InChI=1S/C17H26N2O2/c1-2-20-16-5-3-4-6-17(16)21-12-11-19-10-8-15-14(13-19)7-9-18-15/h3-6,14-15,18H,2,7-13H2,1H3. The summed E-state index contributed by atoms with van der Waals surface area (Å²) in [6, 6.07) is 8.69. The van der Waals surface area contributed by atoms with E-state index in [1.165, 1.54) is 32.5 Å². The molecule has 0 saturated carbocycles. The molecule has 0 amide bonds. The van der Waals surface area contributed by atoms with Crippen LogP contribution in [0, 0.1) is 5.92 Å². The van der Waals surface area contributed by atoms with Crippen LogP contribution in [0.1, 0.15) is 19.8 Å². The average Bonchev–Trinajstić information content (AvgIpc) is 2.97. The lowest BCUT2D eigenvalue weighted by molar-refractivity contribution is 0.137. The lowest BCUT2D eigenvalue weighted by Gasteiger charge is -2.34. The molecular weight excluding hydrogens is 264 g/mol. The van der Waals surface area contributed by atoms with Gasteiger partial charge in [-0.15, -0.1) is 0 Å². The van der Waals surface area contributed by atoms with Crippen LogP contribution in [-0.2, 0) is 0 Å². The highest BCUT2D eigenvalue weighted by atomic mass is 16.5. The summed E-state index contributed by atoms with van der Waals surface area (Å²) in [6.07, 6.45) is 2.61. The molecule has 1 aromatic carbocycles. The maximum atomic E-state index is 5.92. The van der Waals surface area contributed by atoms with E-state index in [-0.39, 0.29) is 0 Å². The molecule has 2 aliphatic heterocycles. The van der Waals surface area contributed by atoms with Crippen molar-refractivity contribution in [2.24, 2.45) is 5.92 Å². The van der Waals surface area contributed by atoms with E-state index in [2.05, 4.69) is 10.2 Å². The van der Waals surface area contributed by atoms with Crippen LogP contribution in [0.3, 0.4) is 0 Å². The number of nitrogens with one attached hydrogen (secondary N) is 1. The summed E-state index contributed by atoms with van der Waals surface area (Å²) in [5.41, 5.74) is 0. The Morgan fingerprint density at radius 1 is 1.19 bits per heavy atom. The zero-order chi connectivity index (χ0) is 14.5. The minimum atomic E-state index is 0.669. The van der Waals surface area contributed by atoms with Crippen molar-refractivity contribution in [3.8, 4) is 11.5 Å². The molecule has 2 fully saturated rings. The number of likely N-dealkylation sites (tertiary alicyclic amines) is 1. The molecule has 0 bridgehead atoms. The number of nitrogens with zero attached hydrogens (tertiary/aromatic N) is 1. The average molecular weight is 290 g/mol. The number of hydrogen-bond donors (Lipinski definition) is 1. The van der Waals surface area contributed by atoms with Crippen LogP contribution in [0.2, 0.25) is 0 Å². The van der Waals surface area contributed by atoms with E-state index in [4.69, 9.17) is 9.47 Å². The van der Waals surface area contributed by atoms with Gasteiger partial charge in [-0.05, 0) is 50.9 Å². The Labute approximate surface area is 127 Å². The molecule has 0 radical (unpaired) electrons. The minimum Gasteiger partial charge on any atom is -0.490 e. The monoisotopic (exact) mass is 290 g/mol. The summed E-state index contributed by atoms with van der Waals surface area (Å²) < 4.78 is 11.5. The molecule has 2 atom stereocenters. The molecule has 2 saturated heterocycles. The van der Waals surface area contributed by atoms with Crippen LogP contribution in [-0.4, -0.2) is 50.3 Å². The fourth-order valence-electron chi connectivity index (χ4n) is 3.45. The van der Waals surface area contributed by atoms with Gasteiger partial charge in [-0.1, -0.05) is 12.1 Å². The zero-order valence-electron chi connectivity index (χ0n) is 12.9. The Bertz CT molecular complexity index is 452. The second kappa shape index (κ2) is 7.14. The number of piperidine rings is 1. The van der Waals surface area contributed by atoms with Crippen LogP contribution in [0.15, 0.2) is 24.3 Å². The Hall–Kier alpha value is -1.26. The Morgan fingerprint density at radius 2 is 2.00 bits per heavy atom. The molecule has 21 heavy (non-hydrogen) atoms. The predicted octanol–water partition coefficient (Wildman–Crippen LogP) is 2.15. The first-order valence-corrected chi connectivity index (χ1v) is 8.17. The summed E-state index contributed by atoms with van der Waals surface area (Å²) in [5, 5.41) is 3.61. The van der Waals surface area contributed by atoms with Gasteiger partial charge in [0.1, 0.15) is 6.61 Å². The fraction of sp³-hybridized carbons (Fsp3) is 0.647. The van der Waals surface area contributed by atoms with E-state index in [9.17, 15) is 0 Å². The molecule has 1 aromatic rings. The normalized spacial score (nSPS) is 25.6. The van der Waals surface area contributed by atoms with Gasteiger partial charge >= 0.3 is 0 Å². The first-order valence-electron chi connectivity index (χ1n) is 8.17. The van der Waals surface area contributed by atoms with Gasteiger partial charge in [0.15, 0.2) is 11.5 Å². The first-order chi connectivity index (χ1) is 10.4. The van der Waals surface area contributed by atoms with Gasteiger partial charge in [-0.2, -0.15) is 0 Å².